The van der Waals surface area contributed by atoms with Gasteiger partial charge in [0.15, 0.2) is 0 Å². The summed E-state index contributed by atoms with van der Waals surface area (Å²) in [6, 6.07) is 6.92. The summed E-state index contributed by atoms with van der Waals surface area (Å²) in [5.74, 6) is -0.389. The number of ether oxygens (including phenoxy) is 2. The molecule has 1 aromatic carbocycles. The van der Waals surface area contributed by atoms with Crippen LogP contribution < -0.4 is 0 Å². The third-order valence-electron chi connectivity index (χ3n) is 3.40. The van der Waals surface area contributed by atoms with Gasteiger partial charge < -0.3 is 9.47 Å². The number of rotatable bonds is 2. The number of hydrogen-bond acceptors (Lipinski definition) is 4. The zero-order valence-corrected chi connectivity index (χ0v) is 10.5. The molecule has 0 bridgehead atoms. The van der Waals surface area contributed by atoms with E-state index >= 15 is 0 Å². The lowest BCUT2D eigenvalue weighted by atomic mass is 10.1. The minimum atomic E-state index is -0.218. The molecule has 100 valence electrons. The Morgan fingerprint density at radius 2 is 1.53 bits per heavy atom. The molecule has 0 aliphatic carbocycles. The summed E-state index contributed by atoms with van der Waals surface area (Å²) >= 11 is 0. The topological polar surface area (TPSA) is 55.8 Å². The van der Waals surface area contributed by atoms with Gasteiger partial charge in [-0.2, -0.15) is 0 Å². The Bertz CT molecular complexity index is 471. The van der Waals surface area contributed by atoms with Crippen LogP contribution in [0.5, 0.6) is 0 Å². The van der Waals surface area contributed by atoms with Crippen molar-refractivity contribution in [2.45, 2.75) is 0 Å². The molecule has 1 saturated heterocycles. The smallest absolute Gasteiger partial charge is 0.261 e. The molecule has 0 saturated carbocycles. The van der Waals surface area contributed by atoms with Crippen molar-refractivity contribution in [3.63, 3.8) is 0 Å². The Labute approximate surface area is 111 Å². The van der Waals surface area contributed by atoms with Gasteiger partial charge in [-0.05, 0) is 12.1 Å². The van der Waals surface area contributed by atoms with E-state index < -0.39 is 0 Å². The fourth-order valence-corrected chi connectivity index (χ4v) is 2.43. The van der Waals surface area contributed by atoms with Crippen molar-refractivity contribution < 1.29 is 19.1 Å². The minimum absolute atomic E-state index is 0.0460. The monoisotopic (exact) mass is 261 g/mol. The van der Waals surface area contributed by atoms with Gasteiger partial charge in [-0.1, -0.05) is 12.1 Å². The molecule has 19 heavy (non-hydrogen) atoms. The van der Waals surface area contributed by atoms with Crippen molar-refractivity contribution in [2.24, 2.45) is 5.92 Å². The van der Waals surface area contributed by atoms with E-state index in [4.69, 9.17) is 9.47 Å². The molecule has 0 aromatic heterocycles. The second-order valence-corrected chi connectivity index (χ2v) is 4.78. The molecule has 2 heterocycles. The van der Waals surface area contributed by atoms with Crippen LogP contribution in [0.3, 0.4) is 0 Å². The van der Waals surface area contributed by atoms with Crippen molar-refractivity contribution in [1.29, 1.82) is 0 Å². The number of nitrogens with zero attached hydrogens (tertiary/aromatic N) is 1. The SMILES string of the molecule is O=C1c2ccccc2C(=O)N1CC1COCCOC1. The maximum absolute atomic E-state index is 12.2. The Kier molecular flexibility index (Phi) is 3.31. The average Bonchev–Trinajstić information content (AvgIpc) is 2.65. The van der Waals surface area contributed by atoms with Crippen molar-refractivity contribution in [3.8, 4) is 0 Å². The molecule has 0 N–H and O–H groups in total. The summed E-state index contributed by atoms with van der Waals surface area (Å²) in [5, 5.41) is 0. The van der Waals surface area contributed by atoms with Gasteiger partial charge in [-0.25, -0.2) is 0 Å². The average molecular weight is 261 g/mol. The van der Waals surface area contributed by atoms with Crippen LogP contribution in [0.25, 0.3) is 0 Å². The van der Waals surface area contributed by atoms with Gasteiger partial charge in [0, 0.05) is 12.5 Å². The third kappa shape index (κ3) is 2.27. The summed E-state index contributed by atoms with van der Waals surface area (Å²) in [6.45, 7) is 2.53. The van der Waals surface area contributed by atoms with Crippen LogP contribution in [-0.2, 0) is 9.47 Å². The summed E-state index contributed by atoms with van der Waals surface area (Å²) in [6.07, 6.45) is 0. The molecule has 0 atom stereocenters. The first-order valence-corrected chi connectivity index (χ1v) is 6.38. The second kappa shape index (κ2) is 5.11. The fourth-order valence-electron chi connectivity index (χ4n) is 2.43. The number of amides is 2. The number of carbonyl (C=O) groups excluding carboxylic acids is 2. The normalized spacial score (nSPS) is 20.5. The van der Waals surface area contributed by atoms with Crippen molar-refractivity contribution >= 4 is 11.8 Å². The fraction of sp³-hybridized carbons (Fsp3) is 0.429. The molecule has 2 aliphatic rings. The van der Waals surface area contributed by atoms with Gasteiger partial charge in [0.05, 0.1) is 37.6 Å². The number of hydrogen-bond donors (Lipinski definition) is 0. The Balaban J connectivity index is 1.76. The molecule has 5 heteroatoms. The molecule has 5 nitrogen and oxygen atoms in total. The molecule has 2 aliphatic heterocycles. The van der Waals surface area contributed by atoms with E-state index in [-0.39, 0.29) is 17.7 Å². The van der Waals surface area contributed by atoms with Crippen LogP contribution in [0.1, 0.15) is 20.7 Å². The second-order valence-electron chi connectivity index (χ2n) is 4.78. The van der Waals surface area contributed by atoms with Crippen molar-refractivity contribution in [1.82, 2.24) is 4.90 Å². The summed E-state index contributed by atoms with van der Waals surface area (Å²) in [4.78, 5) is 25.7. The van der Waals surface area contributed by atoms with Gasteiger partial charge in [0.2, 0.25) is 0 Å². The van der Waals surface area contributed by atoms with E-state index in [0.29, 0.717) is 44.1 Å². The van der Waals surface area contributed by atoms with E-state index in [2.05, 4.69) is 0 Å². The Morgan fingerprint density at radius 3 is 2.05 bits per heavy atom. The van der Waals surface area contributed by atoms with Crippen molar-refractivity contribution in [2.75, 3.05) is 33.0 Å². The number of benzene rings is 1. The van der Waals surface area contributed by atoms with Crippen LogP contribution in [-0.4, -0.2) is 49.7 Å². The largest absolute Gasteiger partial charge is 0.379 e. The molecule has 2 amide bonds. The molecule has 1 aromatic rings. The maximum atomic E-state index is 12.2. The van der Waals surface area contributed by atoms with Gasteiger partial charge in [0.1, 0.15) is 0 Å². The van der Waals surface area contributed by atoms with E-state index in [1.165, 1.54) is 4.90 Å². The predicted octanol–water partition coefficient (Wildman–Crippen LogP) is 0.946. The zero-order chi connectivity index (χ0) is 13.2. The van der Waals surface area contributed by atoms with Crippen LogP contribution in [0.15, 0.2) is 24.3 Å². The highest BCUT2D eigenvalue weighted by Gasteiger charge is 2.36. The van der Waals surface area contributed by atoms with E-state index in [1.807, 2.05) is 0 Å². The number of fused-ring (bicyclic) bond motifs is 1. The molecular formula is C14H15NO4. The molecule has 0 spiro atoms. The highest BCUT2D eigenvalue weighted by Crippen LogP contribution is 2.23. The number of carbonyl (C=O) groups is 2. The van der Waals surface area contributed by atoms with Crippen LogP contribution >= 0.6 is 0 Å². The lowest BCUT2D eigenvalue weighted by Crippen LogP contribution is -2.37. The zero-order valence-electron chi connectivity index (χ0n) is 10.5. The molecule has 1 fully saturated rings. The van der Waals surface area contributed by atoms with E-state index in [9.17, 15) is 9.59 Å². The third-order valence-corrected chi connectivity index (χ3v) is 3.40. The standard InChI is InChI=1S/C14H15NO4/c16-13-11-3-1-2-4-12(11)14(17)15(13)7-10-8-18-5-6-19-9-10/h1-4,10H,5-9H2. The quantitative estimate of drug-likeness (QED) is 0.744. The maximum Gasteiger partial charge on any atom is 0.261 e. The van der Waals surface area contributed by atoms with E-state index in [0.717, 1.165) is 0 Å². The predicted molar refractivity (Wildman–Crippen MR) is 66.9 cm³/mol. The highest BCUT2D eigenvalue weighted by atomic mass is 16.5. The number of imide groups is 1. The lowest BCUT2D eigenvalue weighted by Gasteiger charge is -2.20. The van der Waals surface area contributed by atoms with Gasteiger partial charge >= 0.3 is 0 Å². The van der Waals surface area contributed by atoms with Crippen LogP contribution in [0.2, 0.25) is 0 Å². The summed E-state index contributed by atoms with van der Waals surface area (Å²) in [5.41, 5.74) is 0.978. The highest BCUT2D eigenvalue weighted by molar-refractivity contribution is 6.21. The Morgan fingerprint density at radius 1 is 1.00 bits per heavy atom. The summed E-state index contributed by atoms with van der Waals surface area (Å²) in [7, 11) is 0. The van der Waals surface area contributed by atoms with Crippen molar-refractivity contribution in [3.05, 3.63) is 35.4 Å². The molecule has 0 unspecified atom stereocenters. The first-order valence-electron chi connectivity index (χ1n) is 6.38. The molecular weight excluding hydrogens is 246 g/mol. The molecule has 3 rings (SSSR count). The van der Waals surface area contributed by atoms with Gasteiger partial charge in [-0.3, -0.25) is 14.5 Å². The van der Waals surface area contributed by atoms with Gasteiger partial charge in [0.25, 0.3) is 11.8 Å². The minimum Gasteiger partial charge on any atom is -0.379 e. The Hall–Kier alpha value is -1.72. The lowest BCUT2D eigenvalue weighted by molar-refractivity contribution is 0.0560. The molecule has 0 radical (unpaired) electrons. The first kappa shape index (κ1) is 12.3. The summed E-state index contributed by atoms with van der Waals surface area (Å²) < 4.78 is 10.8. The van der Waals surface area contributed by atoms with Crippen LogP contribution in [0, 0.1) is 5.92 Å². The van der Waals surface area contributed by atoms with Crippen LogP contribution in [0.4, 0.5) is 0 Å². The van der Waals surface area contributed by atoms with E-state index in [1.54, 1.807) is 24.3 Å². The first-order chi connectivity index (χ1) is 9.27. The van der Waals surface area contributed by atoms with Gasteiger partial charge in [-0.15, -0.1) is 0 Å².